The highest BCUT2D eigenvalue weighted by atomic mass is 32.1. The molecule has 1 aliphatic rings. The fraction of sp³-hybridized carbons (Fsp3) is 0.217. The van der Waals surface area contributed by atoms with E-state index in [1.807, 2.05) is 17.8 Å². The average molecular weight is 372 g/mol. The highest BCUT2D eigenvalue weighted by molar-refractivity contribution is 7.16. The first kappa shape index (κ1) is 16.6. The topological polar surface area (TPSA) is 29.0 Å². The van der Waals surface area contributed by atoms with E-state index in [9.17, 15) is 0 Å². The van der Waals surface area contributed by atoms with Crippen LogP contribution in [0, 0.1) is 0 Å². The molecule has 4 aromatic rings. The lowest BCUT2D eigenvalue weighted by Gasteiger charge is -2.19. The molecule has 0 radical (unpaired) electrons. The van der Waals surface area contributed by atoms with Crippen LogP contribution >= 0.6 is 11.3 Å². The normalized spacial score (nSPS) is 14.8. The van der Waals surface area contributed by atoms with Crippen LogP contribution in [0.4, 0.5) is 0 Å². The third-order valence-electron chi connectivity index (χ3n) is 5.36. The van der Waals surface area contributed by atoms with E-state index in [2.05, 4.69) is 63.4 Å². The lowest BCUT2D eigenvalue weighted by molar-refractivity contribution is 0.279. The molecule has 0 N–H and O–H groups in total. The molecule has 0 aliphatic carbocycles. The van der Waals surface area contributed by atoms with E-state index in [1.165, 1.54) is 27.0 Å². The third-order valence-corrected chi connectivity index (χ3v) is 6.17. The number of rotatable bonds is 3. The molecule has 3 nitrogen and oxygen atoms in total. The van der Waals surface area contributed by atoms with Crippen LogP contribution in [-0.4, -0.2) is 28.0 Å². The number of fused-ring (bicyclic) bond motifs is 2. The van der Waals surface area contributed by atoms with E-state index in [4.69, 9.17) is 0 Å². The van der Waals surface area contributed by atoms with Crippen molar-refractivity contribution in [3.05, 3.63) is 83.0 Å². The predicted molar refractivity (Wildman–Crippen MR) is 112 cm³/mol. The van der Waals surface area contributed by atoms with Crippen LogP contribution < -0.4 is 0 Å². The third kappa shape index (κ3) is 3.51. The van der Waals surface area contributed by atoms with E-state index in [0.717, 1.165) is 43.7 Å². The van der Waals surface area contributed by atoms with E-state index < -0.39 is 0 Å². The molecule has 27 heavy (non-hydrogen) atoms. The molecule has 4 heteroatoms. The van der Waals surface area contributed by atoms with Gasteiger partial charge in [-0.3, -0.25) is 9.88 Å². The summed E-state index contributed by atoms with van der Waals surface area (Å²) in [4.78, 5) is 11.5. The first-order chi connectivity index (χ1) is 13.3. The number of hydrogen-bond acceptors (Lipinski definition) is 4. The van der Waals surface area contributed by atoms with Gasteiger partial charge in [-0.05, 0) is 59.9 Å². The van der Waals surface area contributed by atoms with E-state index in [1.54, 1.807) is 11.3 Å². The zero-order valence-corrected chi connectivity index (χ0v) is 16.0. The van der Waals surface area contributed by atoms with Crippen LogP contribution in [0.2, 0.25) is 0 Å². The SMILES string of the molecule is c1ccc(-c2ccc3c(c2)CCN(Cc2ccc4scnc4c2)CC3)nc1. The van der Waals surface area contributed by atoms with Gasteiger partial charge in [0, 0.05) is 31.4 Å². The molecule has 134 valence electrons. The number of hydrogen-bond donors (Lipinski definition) is 0. The molecule has 0 unspecified atom stereocenters. The largest absolute Gasteiger partial charge is 0.298 e. The second-order valence-corrected chi connectivity index (χ2v) is 8.02. The van der Waals surface area contributed by atoms with Gasteiger partial charge in [0.1, 0.15) is 0 Å². The lowest BCUT2D eigenvalue weighted by atomic mass is 9.98. The van der Waals surface area contributed by atoms with Gasteiger partial charge in [0.05, 0.1) is 21.4 Å². The molecule has 1 aliphatic heterocycles. The minimum atomic E-state index is 0.995. The molecular formula is C23H21N3S. The molecule has 0 bridgehead atoms. The van der Waals surface area contributed by atoms with Gasteiger partial charge in [-0.2, -0.15) is 0 Å². The Bertz CT molecular complexity index is 1070. The molecule has 3 heterocycles. The van der Waals surface area contributed by atoms with Crippen molar-refractivity contribution in [2.45, 2.75) is 19.4 Å². The van der Waals surface area contributed by atoms with Crippen LogP contribution in [0.5, 0.6) is 0 Å². The minimum Gasteiger partial charge on any atom is -0.298 e. The van der Waals surface area contributed by atoms with E-state index in [-0.39, 0.29) is 0 Å². The maximum absolute atomic E-state index is 4.50. The van der Waals surface area contributed by atoms with Crippen LogP contribution in [0.3, 0.4) is 0 Å². The van der Waals surface area contributed by atoms with Crippen molar-refractivity contribution >= 4 is 21.6 Å². The van der Waals surface area contributed by atoms with Gasteiger partial charge in [-0.1, -0.05) is 24.3 Å². The van der Waals surface area contributed by atoms with Crippen molar-refractivity contribution in [1.29, 1.82) is 0 Å². The fourth-order valence-corrected chi connectivity index (χ4v) is 4.54. The first-order valence-electron chi connectivity index (χ1n) is 9.43. The minimum absolute atomic E-state index is 0.995. The molecule has 0 amide bonds. The number of thiazole rings is 1. The maximum Gasteiger partial charge on any atom is 0.0815 e. The monoisotopic (exact) mass is 371 g/mol. The Balaban J connectivity index is 1.33. The molecule has 0 fully saturated rings. The number of nitrogens with zero attached hydrogens (tertiary/aromatic N) is 3. The summed E-state index contributed by atoms with van der Waals surface area (Å²) in [5.74, 6) is 0. The Morgan fingerprint density at radius 1 is 0.889 bits per heavy atom. The molecule has 5 rings (SSSR count). The van der Waals surface area contributed by atoms with Crippen molar-refractivity contribution in [3.8, 4) is 11.3 Å². The zero-order valence-electron chi connectivity index (χ0n) is 15.1. The van der Waals surface area contributed by atoms with Crippen molar-refractivity contribution in [2.75, 3.05) is 13.1 Å². The number of benzene rings is 2. The van der Waals surface area contributed by atoms with Gasteiger partial charge in [0.15, 0.2) is 0 Å². The Morgan fingerprint density at radius 2 is 1.81 bits per heavy atom. The average Bonchev–Trinajstić information content (AvgIpc) is 3.09. The summed E-state index contributed by atoms with van der Waals surface area (Å²) in [6.07, 6.45) is 4.06. The number of aromatic nitrogens is 2. The Kier molecular flexibility index (Phi) is 4.44. The highest BCUT2D eigenvalue weighted by Crippen LogP contribution is 2.25. The summed E-state index contributed by atoms with van der Waals surface area (Å²) >= 11 is 1.71. The molecule has 0 saturated carbocycles. The molecular weight excluding hydrogens is 350 g/mol. The Hall–Kier alpha value is -2.56. The smallest absolute Gasteiger partial charge is 0.0815 e. The summed E-state index contributed by atoms with van der Waals surface area (Å²) in [6, 6.07) is 19.6. The van der Waals surface area contributed by atoms with Gasteiger partial charge in [-0.15, -0.1) is 11.3 Å². The summed E-state index contributed by atoms with van der Waals surface area (Å²) in [7, 11) is 0. The number of pyridine rings is 1. The van der Waals surface area contributed by atoms with Crippen molar-refractivity contribution in [1.82, 2.24) is 14.9 Å². The van der Waals surface area contributed by atoms with Gasteiger partial charge >= 0.3 is 0 Å². The lowest BCUT2D eigenvalue weighted by Crippen LogP contribution is -2.25. The molecule has 0 atom stereocenters. The van der Waals surface area contributed by atoms with Crippen LogP contribution in [-0.2, 0) is 19.4 Å². The summed E-state index contributed by atoms with van der Waals surface area (Å²) in [5, 5.41) is 0. The van der Waals surface area contributed by atoms with Crippen LogP contribution in [0.1, 0.15) is 16.7 Å². The van der Waals surface area contributed by atoms with Gasteiger partial charge in [0.25, 0.3) is 0 Å². The molecule has 2 aromatic carbocycles. The van der Waals surface area contributed by atoms with E-state index in [0.29, 0.717) is 0 Å². The Labute approximate surface area is 163 Å². The molecule has 2 aromatic heterocycles. The quantitative estimate of drug-likeness (QED) is 0.510. The van der Waals surface area contributed by atoms with Crippen molar-refractivity contribution < 1.29 is 0 Å². The second-order valence-electron chi connectivity index (χ2n) is 7.13. The van der Waals surface area contributed by atoms with Gasteiger partial charge in [-0.25, -0.2) is 4.98 Å². The molecule has 0 saturated heterocycles. The summed E-state index contributed by atoms with van der Waals surface area (Å²) in [6.45, 7) is 3.19. The summed E-state index contributed by atoms with van der Waals surface area (Å²) in [5.41, 5.74) is 9.62. The first-order valence-corrected chi connectivity index (χ1v) is 10.3. The predicted octanol–water partition coefficient (Wildman–Crippen LogP) is 4.96. The zero-order chi connectivity index (χ0) is 18.1. The molecule has 0 spiro atoms. The van der Waals surface area contributed by atoms with E-state index >= 15 is 0 Å². The van der Waals surface area contributed by atoms with Crippen molar-refractivity contribution in [2.24, 2.45) is 0 Å². The van der Waals surface area contributed by atoms with Gasteiger partial charge in [0.2, 0.25) is 0 Å². The fourth-order valence-electron chi connectivity index (χ4n) is 3.88. The second kappa shape index (κ2) is 7.22. The summed E-state index contributed by atoms with van der Waals surface area (Å²) < 4.78 is 1.27. The standard InChI is InChI=1S/C23H21N3S/c1-2-10-24-21(3-1)20-6-5-18-8-11-26(12-9-19(18)14-20)15-17-4-7-23-22(13-17)25-16-27-23/h1-7,10,13-14,16H,8-9,11-12,15H2. The van der Waals surface area contributed by atoms with Crippen LogP contribution in [0.25, 0.3) is 21.5 Å². The van der Waals surface area contributed by atoms with Gasteiger partial charge < -0.3 is 0 Å². The maximum atomic E-state index is 4.50. The Morgan fingerprint density at radius 3 is 2.70 bits per heavy atom. The van der Waals surface area contributed by atoms with Crippen molar-refractivity contribution in [3.63, 3.8) is 0 Å². The van der Waals surface area contributed by atoms with Crippen LogP contribution in [0.15, 0.2) is 66.3 Å². The highest BCUT2D eigenvalue weighted by Gasteiger charge is 2.15.